The highest BCUT2D eigenvalue weighted by molar-refractivity contribution is 5.46. The second kappa shape index (κ2) is 6.89. The van der Waals surface area contributed by atoms with Crippen molar-refractivity contribution in [2.45, 2.75) is 25.3 Å². The minimum Gasteiger partial charge on any atom is -0.355 e. The standard InChI is InChI=1S/C10H16N4O/c11-7-9(14-8-15)3-1-4-10-12-5-2-6-13-10/h2,5-6,8-9H,1,3-4,7,11H2,(H,14,15). The van der Waals surface area contributed by atoms with Crippen LogP contribution in [0.2, 0.25) is 0 Å². The van der Waals surface area contributed by atoms with Gasteiger partial charge in [-0.1, -0.05) is 0 Å². The average molecular weight is 208 g/mol. The predicted octanol–water partition coefficient (Wildman–Crippen LogP) is -0.127. The first-order valence-corrected chi connectivity index (χ1v) is 5.02. The number of nitrogens with two attached hydrogens (primary N) is 1. The number of amides is 1. The van der Waals surface area contributed by atoms with E-state index >= 15 is 0 Å². The van der Waals surface area contributed by atoms with E-state index in [0.717, 1.165) is 25.1 Å². The van der Waals surface area contributed by atoms with Gasteiger partial charge >= 0.3 is 0 Å². The molecule has 0 saturated heterocycles. The molecule has 0 spiro atoms. The fourth-order valence-electron chi connectivity index (χ4n) is 1.33. The Morgan fingerprint density at radius 3 is 2.80 bits per heavy atom. The summed E-state index contributed by atoms with van der Waals surface area (Å²) < 4.78 is 0. The Labute approximate surface area is 89.1 Å². The Bertz CT molecular complexity index is 278. The van der Waals surface area contributed by atoms with Crippen molar-refractivity contribution in [1.29, 1.82) is 0 Å². The number of aryl methyl sites for hydroxylation is 1. The maximum absolute atomic E-state index is 10.2. The number of aromatic nitrogens is 2. The maximum Gasteiger partial charge on any atom is 0.207 e. The molecular formula is C10H16N4O. The van der Waals surface area contributed by atoms with Crippen LogP contribution in [0.5, 0.6) is 0 Å². The van der Waals surface area contributed by atoms with Gasteiger partial charge in [-0.15, -0.1) is 0 Å². The highest BCUT2D eigenvalue weighted by Crippen LogP contribution is 2.01. The fourth-order valence-corrected chi connectivity index (χ4v) is 1.33. The summed E-state index contributed by atoms with van der Waals surface area (Å²) in [6, 6.07) is 1.85. The van der Waals surface area contributed by atoms with Gasteiger partial charge in [-0.3, -0.25) is 4.79 Å². The molecule has 1 heterocycles. The number of hydrogen-bond donors (Lipinski definition) is 2. The lowest BCUT2D eigenvalue weighted by Gasteiger charge is -2.12. The molecule has 1 amide bonds. The van der Waals surface area contributed by atoms with Crippen molar-refractivity contribution in [2.75, 3.05) is 6.54 Å². The van der Waals surface area contributed by atoms with Gasteiger partial charge in [0.2, 0.25) is 6.41 Å². The zero-order chi connectivity index (χ0) is 10.9. The minimum atomic E-state index is 0.0613. The Morgan fingerprint density at radius 2 is 2.20 bits per heavy atom. The van der Waals surface area contributed by atoms with E-state index in [-0.39, 0.29) is 6.04 Å². The Kier molecular flexibility index (Phi) is 5.32. The van der Waals surface area contributed by atoms with Gasteiger partial charge in [-0.05, 0) is 18.9 Å². The summed E-state index contributed by atoms with van der Waals surface area (Å²) in [6.07, 6.45) is 6.74. The molecule has 0 fully saturated rings. The molecule has 0 aliphatic rings. The molecule has 0 saturated carbocycles. The van der Waals surface area contributed by atoms with Gasteiger partial charge in [-0.2, -0.15) is 0 Å². The van der Waals surface area contributed by atoms with E-state index in [1.807, 2.05) is 0 Å². The zero-order valence-electron chi connectivity index (χ0n) is 8.60. The van der Waals surface area contributed by atoms with E-state index in [1.165, 1.54) is 0 Å². The molecule has 82 valence electrons. The van der Waals surface area contributed by atoms with Crippen molar-refractivity contribution in [3.05, 3.63) is 24.3 Å². The van der Waals surface area contributed by atoms with Crippen molar-refractivity contribution in [2.24, 2.45) is 5.73 Å². The quantitative estimate of drug-likeness (QED) is 0.612. The van der Waals surface area contributed by atoms with Crippen LogP contribution in [0.4, 0.5) is 0 Å². The van der Waals surface area contributed by atoms with Crippen LogP contribution >= 0.6 is 0 Å². The molecule has 0 aliphatic heterocycles. The van der Waals surface area contributed by atoms with Crippen LogP contribution in [0.25, 0.3) is 0 Å². The molecule has 1 rings (SSSR count). The lowest BCUT2D eigenvalue weighted by molar-refractivity contribution is -0.110. The molecule has 15 heavy (non-hydrogen) atoms. The molecular weight excluding hydrogens is 192 g/mol. The molecule has 1 unspecified atom stereocenters. The number of carbonyl (C=O) groups excluding carboxylic acids is 1. The van der Waals surface area contributed by atoms with Crippen LogP contribution in [0.1, 0.15) is 18.7 Å². The third-order valence-corrected chi connectivity index (χ3v) is 2.16. The van der Waals surface area contributed by atoms with Gasteiger partial charge < -0.3 is 11.1 Å². The second-order valence-electron chi connectivity index (χ2n) is 3.27. The third kappa shape index (κ3) is 4.51. The molecule has 0 aliphatic carbocycles. The normalized spacial score (nSPS) is 12.1. The fraction of sp³-hybridized carbons (Fsp3) is 0.500. The summed E-state index contributed by atoms with van der Waals surface area (Å²) in [5.41, 5.74) is 5.49. The largest absolute Gasteiger partial charge is 0.355 e. The first-order chi connectivity index (χ1) is 7.36. The third-order valence-electron chi connectivity index (χ3n) is 2.16. The lowest BCUT2D eigenvalue weighted by Crippen LogP contribution is -2.35. The SMILES string of the molecule is NCC(CCCc1ncccn1)NC=O. The average Bonchev–Trinajstić information content (AvgIpc) is 2.29. The minimum absolute atomic E-state index is 0.0613. The summed E-state index contributed by atoms with van der Waals surface area (Å²) in [5.74, 6) is 0.833. The maximum atomic E-state index is 10.2. The first-order valence-electron chi connectivity index (χ1n) is 5.02. The van der Waals surface area contributed by atoms with Gasteiger partial charge in [0.1, 0.15) is 5.82 Å². The van der Waals surface area contributed by atoms with Crippen molar-refractivity contribution in [3.63, 3.8) is 0 Å². The van der Waals surface area contributed by atoms with Crippen LogP contribution in [0, 0.1) is 0 Å². The summed E-state index contributed by atoms with van der Waals surface area (Å²) in [5, 5.41) is 2.67. The van der Waals surface area contributed by atoms with Gasteiger partial charge in [0.05, 0.1) is 0 Å². The van der Waals surface area contributed by atoms with Gasteiger partial charge in [0.25, 0.3) is 0 Å². The van der Waals surface area contributed by atoms with Crippen LogP contribution in [0.3, 0.4) is 0 Å². The Balaban J connectivity index is 2.23. The summed E-state index contributed by atoms with van der Waals surface area (Å²) >= 11 is 0. The molecule has 1 aromatic rings. The topological polar surface area (TPSA) is 80.9 Å². The summed E-state index contributed by atoms with van der Waals surface area (Å²) in [6.45, 7) is 0.467. The molecule has 3 N–H and O–H groups in total. The van der Waals surface area contributed by atoms with Gasteiger partial charge in [-0.25, -0.2) is 9.97 Å². The van der Waals surface area contributed by atoms with E-state index in [9.17, 15) is 4.79 Å². The highest BCUT2D eigenvalue weighted by atomic mass is 16.1. The van der Waals surface area contributed by atoms with E-state index in [4.69, 9.17) is 5.73 Å². The Morgan fingerprint density at radius 1 is 1.47 bits per heavy atom. The van der Waals surface area contributed by atoms with E-state index in [1.54, 1.807) is 18.5 Å². The van der Waals surface area contributed by atoms with Gasteiger partial charge in [0.15, 0.2) is 0 Å². The van der Waals surface area contributed by atoms with Crippen molar-refractivity contribution in [3.8, 4) is 0 Å². The first kappa shape index (κ1) is 11.6. The lowest BCUT2D eigenvalue weighted by atomic mass is 10.1. The van der Waals surface area contributed by atoms with Gasteiger partial charge in [0, 0.05) is 31.4 Å². The smallest absolute Gasteiger partial charge is 0.207 e. The summed E-state index contributed by atoms with van der Waals surface area (Å²) in [7, 11) is 0. The predicted molar refractivity (Wildman–Crippen MR) is 57.0 cm³/mol. The number of rotatable bonds is 7. The van der Waals surface area contributed by atoms with Crippen LogP contribution in [-0.2, 0) is 11.2 Å². The Hall–Kier alpha value is -1.49. The number of nitrogens with zero attached hydrogens (tertiary/aromatic N) is 2. The number of hydrogen-bond acceptors (Lipinski definition) is 4. The molecule has 1 aromatic heterocycles. The molecule has 5 heteroatoms. The van der Waals surface area contributed by atoms with E-state index < -0.39 is 0 Å². The monoisotopic (exact) mass is 208 g/mol. The zero-order valence-corrected chi connectivity index (χ0v) is 8.60. The molecule has 0 radical (unpaired) electrons. The van der Waals surface area contributed by atoms with Crippen molar-refractivity contribution < 1.29 is 4.79 Å². The second-order valence-corrected chi connectivity index (χ2v) is 3.27. The van der Waals surface area contributed by atoms with Crippen molar-refractivity contribution >= 4 is 6.41 Å². The van der Waals surface area contributed by atoms with Crippen LogP contribution in [-0.4, -0.2) is 29.0 Å². The van der Waals surface area contributed by atoms with E-state index in [2.05, 4.69) is 15.3 Å². The molecule has 0 aromatic carbocycles. The number of carbonyl (C=O) groups is 1. The molecule has 5 nitrogen and oxygen atoms in total. The molecule has 0 bridgehead atoms. The van der Waals surface area contributed by atoms with Crippen LogP contribution < -0.4 is 11.1 Å². The van der Waals surface area contributed by atoms with E-state index in [0.29, 0.717) is 13.0 Å². The van der Waals surface area contributed by atoms with Crippen LogP contribution in [0.15, 0.2) is 18.5 Å². The molecule has 1 atom stereocenters. The highest BCUT2D eigenvalue weighted by Gasteiger charge is 2.04. The van der Waals surface area contributed by atoms with Crippen molar-refractivity contribution in [1.82, 2.24) is 15.3 Å². The summed E-state index contributed by atoms with van der Waals surface area (Å²) in [4.78, 5) is 18.4. The number of nitrogens with one attached hydrogen (secondary N) is 1.